The third-order valence-electron chi connectivity index (χ3n) is 5.04. The summed E-state index contributed by atoms with van der Waals surface area (Å²) in [6.07, 6.45) is 3.02. The number of carbonyl (C=O) groups is 2. The molecule has 1 aliphatic rings. The largest absolute Gasteiger partial charge is 0.465 e. The van der Waals surface area contributed by atoms with Crippen molar-refractivity contribution in [3.05, 3.63) is 78.0 Å². The van der Waals surface area contributed by atoms with E-state index >= 15 is 0 Å². The van der Waals surface area contributed by atoms with Crippen molar-refractivity contribution in [1.29, 1.82) is 0 Å². The number of Topliss-reactive ketones (excluding diaryl/α,β-unsaturated/α-hetero) is 1. The first-order valence-electron chi connectivity index (χ1n) is 9.71. The number of aromatic nitrogens is 1. The maximum atomic E-state index is 12.9. The van der Waals surface area contributed by atoms with Crippen molar-refractivity contribution in [1.82, 2.24) is 4.98 Å². The van der Waals surface area contributed by atoms with Gasteiger partial charge in [0.25, 0.3) is 10.0 Å². The molecular formula is C22H19N3O6S. The monoisotopic (exact) mass is 453 g/mol. The lowest BCUT2D eigenvalue weighted by Gasteiger charge is -2.19. The summed E-state index contributed by atoms with van der Waals surface area (Å²) in [5.74, 6) is -1.47. The van der Waals surface area contributed by atoms with Crippen molar-refractivity contribution in [2.75, 3.05) is 12.4 Å². The lowest BCUT2D eigenvalue weighted by Crippen LogP contribution is -2.29. The lowest BCUT2D eigenvalue weighted by molar-refractivity contribution is -0.113. The highest BCUT2D eigenvalue weighted by Crippen LogP contribution is 2.32. The summed E-state index contributed by atoms with van der Waals surface area (Å²) in [6, 6.07) is 13.1. The number of nitrogens with one attached hydrogen (secondary N) is 1. The molecule has 32 heavy (non-hydrogen) atoms. The van der Waals surface area contributed by atoms with E-state index in [1.54, 1.807) is 42.5 Å². The van der Waals surface area contributed by atoms with Gasteiger partial charge in [0.1, 0.15) is 11.2 Å². The number of nitrogens with zero attached hydrogens (tertiary/aromatic N) is 2. The highest BCUT2D eigenvalue weighted by Gasteiger charge is 2.30. The number of hydrogen-bond acceptors (Lipinski definition) is 8. The van der Waals surface area contributed by atoms with Gasteiger partial charge in [-0.15, -0.1) is 4.40 Å². The summed E-state index contributed by atoms with van der Waals surface area (Å²) in [4.78, 5) is 29.3. The summed E-state index contributed by atoms with van der Waals surface area (Å²) < 4.78 is 38.8. The minimum atomic E-state index is -3.98. The number of esters is 1. The van der Waals surface area contributed by atoms with Crippen molar-refractivity contribution >= 4 is 33.3 Å². The van der Waals surface area contributed by atoms with E-state index in [4.69, 9.17) is 9.15 Å². The van der Waals surface area contributed by atoms with E-state index < -0.39 is 27.7 Å². The fourth-order valence-corrected chi connectivity index (χ4v) is 4.68. The molecule has 10 heteroatoms. The Morgan fingerprint density at radius 3 is 2.62 bits per heavy atom. The van der Waals surface area contributed by atoms with E-state index in [-0.39, 0.29) is 23.6 Å². The third-order valence-corrected chi connectivity index (χ3v) is 6.38. The van der Waals surface area contributed by atoms with Crippen LogP contribution in [0.1, 0.15) is 40.6 Å². The molecule has 1 aromatic heterocycles. The number of oxazole rings is 1. The molecule has 0 spiro atoms. The number of rotatable bonds is 7. The van der Waals surface area contributed by atoms with Crippen molar-refractivity contribution in [3.63, 3.8) is 0 Å². The van der Waals surface area contributed by atoms with E-state index in [0.717, 1.165) is 0 Å². The molecule has 2 heterocycles. The van der Waals surface area contributed by atoms with Gasteiger partial charge in [-0.3, -0.25) is 4.79 Å². The molecule has 2 aromatic carbocycles. The predicted octanol–water partition coefficient (Wildman–Crippen LogP) is 3.16. The van der Waals surface area contributed by atoms with Gasteiger partial charge < -0.3 is 14.5 Å². The van der Waals surface area contributed by atoms with E-state index in [1.807, 2.05) is 0 Å². The van der Waals surface area contributed by atoms with Crippen LogP contribution < -0.4 is 5.32 Å². The average Bonchev–Trinajstić information content (AvgIpc) is 3.33. The Morgan fingerprint density at radius 1 is 1.12 bits per heavy atom. The van der Waals surface area contributed by atoms with Gasteiger partial charge in [-0.25, -0.2) is 9.78 Å². The predicted molar refractivity (Wildman–Crippen MR) is 115 cm³/mol. The molecule has 3 aromatic rings. The number of methoxy groups -OCH3 is 1. The molecule has 0 fully saturated rings. The fraction of sp³-hybridized carbons (Fsp3) is 0.182. The highest BCUT2D eigenvalue weighted by atomic mass is 32.2. The van der Waals surface area contributed by atoms with Crippen molar-refractivity contribution in [2.24, 2.45) is 4.40 Å². The Kier molecular flexibility index (Phi) is 5.87. The van der Waals surface area contributed by atoms with E-state index in [9.17, 15) is 18.0 Å². The van der Waals surface area contributed by atoms with Gasteiger partial charge in [0.05, 0.1) is 30.5 Å². The molecule has 0 amide bonds. The fourth-order valence-electron chi connectivity index (χ4n) is 3.54. The van der Waals surface area contributed by atoms with Gasteiger partial charge in [0.2, 0.25) is 5.89 Å². The first-order chi connectivity index (χ1) is 15.4. The van der Waals surface area contributed by atoms with Crippen LogP contribution in [0.4, 0.5) is 5.69 Å². The average molecular weight is 453 g/mol. The molecule has 1 N–H and O–H groups in total. The van der Waals surface area contributed by atoms with Crippen LogP contribution in [0.25, 0.3) is 0 Å². The zero-order chi connectivity index (χ0) is 22.7. The number of ketones is 1. The van der Waals surface area contributed by atoms with Crippen LogP contribution in [0.3, 0.4) is 0 Å². The van der Waals surface area contributed by atoms with E-state index in [0.29, 0.717) is 22.7 Å². The van der Waals surface area contributed by atoms with Gasteiger partial charge in [-0.2, -0.15) is 8.42 Å². The molecule has 1 unspecified atom stereocenters. The SMILES string of the molecule is COC(=O)c1ccccc1C(CCC(=O)C1=NS(=O)(=O)c2ccccc2N1)c1ncco1. The summed E-state index contributed by atoms with van der Waals surface area (Å²) in [5.41, 5.74) is 1.22. The van der Waals surface area contributed by atoms with Crippen molar-refractivity contribution in [2.45, 2.75) is 23.7 Å². The zero-order valence-corrected chi connectivity index (χ0v) is 17.8. The first-order valence-corrected chi connectivity index (χ1v) is 11.2. The van der Waals surface area contributed by atoms with Crippen LogP contribution in [-0.4, -0.2) is 38.1 Å². The van der Waals surface area contributed by atoms with Gasteiger partial charge in [-0.1, -0.05) is 30.3 Å². The smallest absolute Gasteiger partial charge is 0.338 e. The standard InChI is InChI=1S/C22H19N3O6S/c1-30-22(27)16-7-3-2-6-14(16)15(21-23-12-13-31-21)10-11-18(26)20-24-17-8-4-5-9-19(17)32(28,29)25-20/h2-9,12-13,15H,10-11H2,1H3,(H,24,25). The summed E-state index contributed by atoms with van der Waals surface area (Å²) >= 11 is 0. The van der Waals surface area contributed by atoms with Crippen LogP contribution in [0.2, 0.25) is 0 Å². The van der Waals surface area contributed by atoms with Crippen LogP contribution in [-0.2, 0) is 19.6 Å². The summed E-state index contributed by atoms with van der Waals surface area (Å²) in [7, 11) is -2.69. The molecule has 0 radical (unpaired) electrons. The maximum absolute atomic E-state index is 12.9. The number of amidine groups is 1. The zero-order valence-electron chi connectivity index (χ0n) is 17.0. The molecule has 1 aliphatic heterocycles. The Bertz CT molecular complexity index is 1300. The Balaban J connectivity index is 1.60. The van der Waals surface area contributed by atoms with Crippen LogP contribution in [0.5, 0.6) is 0 Å². The summed E-state index contributed by atoms with van der Waals surface area (Å²) in [6.45, 7) is 0. The number of carbonyl (C=O) groups excluding carboxylic acids is 2. The second-order valence-corrected chi connectivity index (χ2v) is 8.57. The number of sulfonamides is 1. The minimum absolute atomic E-state index is 0.0150. The third kappa shape index (κ3) is 4.17. The Labute approximate surface area is 184 Å². The first kappa shape index (κ1) is 21.4. The van der Waals surface area contributed by atoms with Crippen LogP contribution >= 0.6 is 0 Å². The number of anilines is 1. The summed E-state index contributed by atoms with van der Waals surface area (Å²) in [5, 5.41) is 2.80. The van der Waals surface area contributed by atoms with Gasteiger partial charge in [0.15, 0.2) is 11.6 Å². The number of benzene rings is 2. The molecule has 164 valence electrons. The minimum Gasteiger partial charge on any atom is -0.465 e. The Morgan fingerprint density at radius 2 is 1.88 bits per heavy atom. The van der Waals surface area contributed by atoms with Gasteiger partial charge in [-0.05, 0) is 30.2 Å². The molecule has 1 atom stereocenters. The number of ether oxygens (including phenoxy) is 1. The maximum Gasteiger partial charge on any atom is 0.338 e. The lowest BCUT2D eigenvalue weighted by atomic mass is 9.89. The molecule has 9 nitrogen and oxygen atoms in total. The topological polar surface area (TPSA) is 128 Å². The normalized spacial score (nSPS) is 15.1. The van der Waals surface area contributed by atoms with E-state index in [1.165, 1.54) is 25.6 Å². The molecule has 4 rings (SSSR count). The molecule has 0 saturated heterocycles. The molecular weight excluding hydrogens is 434 g/mol. The van der Waals surface area contributed by atoms with Crippen LogP contribution in [0.15, 0.2) is 74.7 Å². The highest BCUT2D eigenvalue weighted by molar-refractivity contribution is 7.90. The number of para-hydroxylation sites is 1. The van der Waals surface area contributed by atoms with Crippen molar-refractivity contribution < 1.29 is 27.2 Å². The number of hydrogen-bond donors (Lipinski definition) is 1. The van der Waals surface area contributed by atoms with Gasteiger partial charge in [0, 0.05) is 6.42 Å². The van der Waals surface area contributed by atoms with Gasteiger partial charge >= 0.3 is 5.97 Å². The second-order valence-electron chi connectivity index (χ2n) is 7.00. The van der Waals surface area contributed by atoms with Crippen molar-refractivity contribution in [3.8, 4) is 0 Å². The molecule has 0 aliphatic carbocycles. The molecule has 0 bridgehead atoms. The number of fused-ring (bicyclic) bond motifs is 1. The quantitative estimate of drug-likeness (QED) is 0.540. The van der Waals surface area contributed by atoms with E-state index in [2.05, 4.69) is 14.7 Å². The second kappa shape index (κ2) is 8.75. The van der Waals surface area contributed by atoms with Crippen LogP contribution in [0, 0.1) is 0 Å². The molecule has 0 saturated carbocycles. The Hall–Kier alpha value is -3.79.